The van der Waals surface area contributed by atoms with E-state index in [4.69, 9.17) is 5.73 Å². The Morgan fingerprint density at radius 3 is 2.43 bits per heavy atom. The van der Waals surface area contributed by atoms with E-state index in [1.807, 2.05) is 13.8 Å². The van der Waals surface area contributed by atoms with E-state index < -0.39 is 16.8 Å². The van der Waals surface area contributed by atoms with Crippen LogP contribution in [0.25, 0.3) is 0 Å². The molecule has 1 aliphatic rings. The Morgan fingerprint density at radius 2 is 1.90 bits per heavy atom. The van der Waals surface area contributed by atoms with Gasteiger partial charge < -0.3 is 16.2 Å². The van der Waals surface area contributed by atoms with Gasteiger partial charge in [0, 0.05) is 5.92 Å². The number of anilines is 2. The molecule has 21 heavy (non-hydrogen) atoms. The lowest BCUT2D eigenvalue weighted by Gasteiger charge is -2.37. The highest BCUT2D eigenvalue weighted by molar-refractivity contribution is 5.96. The fourth-order valence-corrected chi connectivity index (χ4v) is 3.17. The minimum absolute atomic E-state index is 0.164. The Kier molecular flexibility index (Phi) is 3.70. The molecule has 0 aromatic heterocycles. The number of nitrogens with two attached hydrogens (primary N) is 1. The number of benzene rings is 1. The predicted octanol–water partition coefficient (Wildman–Crippen LogP) is 2.73. The Hall–Kier alpha value is -2.04. The molecule has 0 saturated heterocycles. The predicted molar refractivity (Wildman–Crippen MR) is 81.7 cm³/mol. The summed E-state index contributed by atoms with van der Waals surface area (Å²) in [5.74, 6) is -1.36. The normalized spacial score (nSPS) is 27.3. The summed E-state index contributed by atoms with van der Waals surface area (Å²) in [5, 5.41) is 12.3. The van der Waals surface area contributed by atoms with Crippen molar-refractivity contribution in [2.45, 2.75) is 33.6 Å². The summed E-state index contributed by atoms with van der Waals surface area (Å²) >= 11 is 0. The first-order valence-electron chi connectivity index (χ1n) is 7.09. The number of carbonyl (C=O) groups excluding carboxylic acids is 1. The maximum atomic E-state index is 12.5. The number of rotatable bonds is 3. The molecule has 0 heterocycles. The van der Waals surface area contributed by atoms with Gasteiger partial charge in [-0.2, -0.15) is 0 Å². The Morgan fingerprint density at radius 1 is 1.29 bits per heavy atom. The lowest BCUT2D eigenvalue weighted by atomic mass is 9.65. The molecule has 2 atom stereocenters. The maximum Gasteiger partial charge on any atom is 0.309 e. The fourth-order valence-electron chi connectivity index (χ4n) is 3.17. The van der Waals surface area contributed by atoms with Crippen LogP contribution in [0.4, 0.5) is 11.4 Å². The highest BCUT2D eigenvalue weighted by Crippen LogP contribution is 2.56. The molecule has 114 valence electrons. The van der Waals surface area contributed by atoms with Crippen LogP contribution in [0.5, 0.6) is 0 Å². The highest BCUT2D eigenvalue weighted by atomic mass is 16.4. The largest absolute Gasteiger partial charge is 0.481 e. The van der Waals surface area contributed by atoms with Crippen molar-refractivity contribution in [3.05, 3.63) is 24.3 Å². The monoisotopic (exact) mass is 290 g/mol. The zero-order chi connectivity index (χ0) is 15.8. The molecule has 0 bridgehead atoms. The first-order valence-corrected chi connectivity index (χ1v) is 7.09. The van der Waals surface area contributed by atoms with Gasteiger partial charge >= 0.3 is 5.97 Å². The van der Waals surface area contributed by atoms with Crippen molar-refractivity contribution in [2.24, 2.45) is 16.7 Å². The van der Waals surface area contributed by atoms with Crippen LogP contribution >= 0.6 is 0 Å². The number of hydrogen-bond donors (Lipinski definition) is 3. The van der Waals surface area contributed by atoms with Gasteiger partial charge in [0.25, 0.3) is 0 Å². The van der Waals surface area contributed by atoms with Crippen molar-refractivity contribution < 1.29 is 14.7 Å². The molecule has 0 aliphatic heterocycles. The number of carbonyl (C=O) groups is 2. The number of para-hydroxylation sites is 2. The standard InChI is InChI=1S/C16H22N2O3/c1-15(2)10(8-9-16(15,3)14(20)21)13(19)18-12-7-5-4-6-11(12)17/h4-7,10H,8-9,17H2,1-3H3,(H,18,19)(H,20,21)/t10-,16+/m1/s1. The quantitative estimate of drug-likeness (QED) is 0.746. The Balaban J connectivity index is 2.22. The van der Waals surface area contributed by atoms with Crippen LogP contribution in [0.15, 0.2) is 24.3 Å². The summed E-state index contributed by atoms with van der Waals surface area (Å²) in [5.41, 5.74) is 5.39. The van der Waals surface area contributed by atoms with Gasteiger partial charge in [-0.3, -0.25) is 9.59 Å². The molecule has 0 spiro atoms. The third-order valence-corrected chi connectivity index (χ3v) is 5.23. The molecule has 1 saturated carbocycles. The van der Waals surface area contributed by atoms with Crippen molar-refractivity contribution in [1.29, 1.82) is 0 Å². The summed E-state index contributed by atoms with van der Waals surface area (Å²) in [6, 6.07) is 7.06. The van der Waals surface area contributed by atoms with Gasteiger partial charge in [-0.25, -0.2) is 0 Å². The van der Waals surface area contributed by atoms with Gasteiger partial charge in [0.2, 0.25) is 5.91 Å². The van der Waals surface area contributed by atoms with Crippen molar-refractivity contribution in [1.82, 2.24) is 0 Å². The first kappa shape index (κ1) is 15.4. The maximum absolute atomic E-state index is 12.5. The van der Waals surface area contributed by atoms with E-state index >= 15 is 0 Å². The zero-order valence-electron chi connectivity index (χ0n) is 12.6. The molecule has 1 fully saturated rings. The van der Waals surface area contributed by atoms with E-state index in [9.17, 15) is 14.7 Å². The third-order valence-electron chi connectivity index (χ3n) is 5.23. The lowest BCUT2D eigenvalue weighted by Crippen LogP contribution is -2.43. The fraction of sp³-hybridized carbons (Fsp3) is 0.500. The van der Waals surface area contributed by atoms with E-state index in [0.29, 0.717) is 24.2 Å². The minimum Gasteiger partial charge on any atom is -0.481 e. The van der Waals surface area contributed by atoms with Crippen molar-refractivity contribution in [3.8, 4) is 0 Å². The molecule has 5 nitrogen and oxygen atoms in total. The molecule has 2 rings (SSSR count). The SMILES string of the molecule is CC1(C)[C@@H](C(=O)Nc2ccccc2N)CC[C@@]1(C)C(=O)O. The van der Waals surface area contributed by atoms with E-state index in [1.165, 1.54) is 0 Å². The molecule has 1 aliphatic carbocycles. The van der Waals surface area contributed by atoms with Gasteiger partial charge in [0.05, 0.1) is 16.8 Å². The van der Waals surface area contributed by atoms with Gasteiger partial charge in [-0.1, -0.05) is 26.0 Å². The van der Waals surface area contributed by atoms with Crippen LogP contribution in [0.1, 0.15) is 33.6 Å². The Bertz CT molecular complexity index is 583. The number of amides is 1. The molecule has 0 radical (unpaired) electrons. The summed E-state index contributed by atoms with van der Waals surface area (Å²) in [6.07, 6.45) is 1.06. The lowest BCUT2D eigenvalue weighted by molar-refractivity contribution is -0.154. The van der Waals surface area contributed by atoms with E-state index in [-0.39, 0.29) is 11.8 Å². The second-order valence-electron chi connectivity index (χ2n) is 6.53. The highest BCUT2D eigenvalue weighted by Gasteiger charge is 2.58. The smallest absolute Gasteiger partial charge is 0.309 e. The molecule has 1 aromatic rings. The third kappa shape index (κ3) is 2.37. The molecule has 1 aromatic carbocycles. The van der Waals surface area contributed by atoms with Crippen LogP contribution in [0.2, 0.25) is 0 Å². The van der Waals surface area contributed by atoms with Gasteiger partial charge in [0.1, 0.15) is 0 Å². The summed E-state index contributed by atoms with van der Waals surface area (Å²) < 4.78 is 0. The average Bonchev–Trinajstić information content (AvgIpc) is 2.64. The molecule has 5 heteroatoms. The van der Waals surface area contributed by atoms with Gasteiger partial charge in [-0.15, -0.1) is 0 Å². The van der Waals surface area contributed by atoms with Crippen LogP contribution < -0.4 is 11.1 Å². The van der Waals surface area contributed by atoms with Gasteiger partial charge in [-0.05, 0) is 37.3 Å². The van der Waals surface area contributed by atoms with E-state index in [1.54, 1.807) is 31.2 Å². The van der Waals surface area contributed by atoms with Gasteiger partial charge in [0.15, 0.2) is 0 Å². The van der Waals surface area contributed by atoms with Crippen molar-refractivity contribution in [3.63, 3.8) is 0 Å². The van der Waals surface area contributed by atoms with Crippen molar-refractivity contribution >= 4 is 23.3 Å². The van der Waals surface area contributed by atoms with Crippen LogP contribution in [-0.4, -0.2) is 17.0 Å². The molecule has 1 amide bonds. The van der Waals surface area contributed by atoms with Crippen molar-refractivity contribution in [2.75, 3.05) is 11.1 Å². The van der Waals surface area contributed by atoms with E-state index in [2.05, 4.69) is 5.32 Å². The average molecular weight is 290 g/mol. The number of hydrogen-bond acceptors (Lipinski definition) is 3. The zero-order valence-corrected chi connectivity index (χ0v) is 12.6. The first-order chi connectivity index (χ1) is 9.70. The van der Waals surface area contributed by atoms with Crippen LogP contribution in [0.3, 0.4) is 0 Å². The summed E-state index contributed by atoms with van der Waals surface area (Å²) in [4.78, 5) is 24.1. The molecular formula is C16H22N2O3. The second kappa shape index (κ2) is 5.06. The number of carboxylic acid groups (broad SMARTS) is 1. The van der Waals surface area contributed by atoms with Crippen LogP contribution in [0, 0.1) is 16.7 Å². The Labute approximate surface area is 124 Å². The summed E-state index contributed by atoms with van der Waals surface area (Å²) in [6.45, 7) is 5.43. The molecule has 0 unspecified atom stereocenters. The van der Waals surface area contributed by atoms with Crippen LogP contribution in [-0.2, 0) is 9.59 Å². The summed E-state index contributed by atoms with van der Waals surface area (Å²) in [7, 11) is 0. The molecule has 4 N–H and O–H groups in total. The molecular weight excluding hydrogens is 268 g/mol. The number of carboxylic acids is 1. The number of nitrogen functional groups attached to an aromatic ring is 1. The number of nitrogens with one attached hydrogen (secondary N) is 1. The van der Waals surface area contributed by atoms with E-state index in [0.717, 1.165) is 0 Å². The number of aliphatic carboxylic acids is 1. The minimum atomic E-state index is -0.892. The topological polar surface area (TPSA) is 92.4 Å². The second-order valence-corrected chi connectivity index (χ2v) is 6.53.